The molecule has 2 heterocycles. The molecule has 2 fully saturated rings. The quantitative estimate of drug-likeness (QED) is 0.869. The van der Waals surface area contributed by atoms with Gasteiger partial charge in [0, 0.05) is 19.1 Å². The lowest BCUT2D eigenvalue weighted by Gasteiger charge is -2.37. The second kappa shape index (κ2) is 5.44. The van der Waals surface area contributed by atoms with E-state index in [4.69, 9.17) is 0 Å². The summed E-state index contributed by atoms with van der Waals surface area (Å²) < 4.78 is 37.9. The van der Waals surface area contributed by atoms with E-state index in [-0.39, 0.29) is 11.9 Å². The first-order valence-electron chi connectivity index (χ1n) is 7.41. The maximum absolute atomic E-state index is 12.6. The van der Waals surface area contributed by atoms with E-state index >= 15 is 0 Å². The summed E-state index contributed by atoms with van der Waals surface area (Å²) in [6.45, 7) is 1.15. The first-order chi connectivity index (χ1) is 10.4. The molecule has 1 N–H and O–H groups in total. The third kappa shape index (κ3) is 3.18. The van der Waals surface area contributed by atoms with Crippen molar-refractivity contribution < 1.29 is 18.0 Å². The molecule has 1 saturated heterocycles. The van der Waals surface area contributed by atoms with E-state index in [1.165, 1.54) is 25.0 Å². The summed E-state index contributed by atoms with van der Waals surface area (Å²) in [7, 11) is 0. The lowest BCUT2D eigenvalue weighted by atomic mass is 9.88. The SMILES string of the molecule is O=CN1CCC2(CC2)CC1CNc1cccc(C(F)(F)F)n1. The van der Waals surface area contributed by atoms with Crippen molar-refractivity contribution in [3.8, 4) is 0 Å². The Balaban J connectivity index is 1.64. The van der Waals surface area contributed by atoms with Gasteiger partial charge in [0.2, 0.25) is 6.41 Å². The number of hydrogen-bond donors (Lipinski definition) is 1. The number of alkyl halides is 3. The Morgan fingerprint density at radius 2 is 2.14 bits per heavy atom. The fraction of sp³-hybridized carbons (Fsp3) is 0.600. The monoisotopic (exact) mass is 313 g/mol. The van der Waals surface area contributed by atoms with Crippen LogP contribution in [0, 0.1) is 5.41 Å². The number of likely N-dealkylation sites (tertiary alicyclic amines) is 1. The zero-order chi connectivity index (χ0) is 15.8. The first kappa shape index (κ1) is 15.1. The highest BCUT2D eigenvalue weighted by Gasteiger charge is 2.47. The van der Waals surface area contributed by atoms with Crippen molar-refractivity contribution in [2.24, 2.45) is 5.41 Å². The largest absolute Gasteiger partial charge is 0.433 e. The van der Waals surface area contributed by atoms with Gasteiger partial charge in [0.1, 0.15) is 11.5 Å². The van der Waals surface area contributed by atoms with Crippen molar-refractivity contribution in [1.82, 2.24) is 9.88 Å². The number of halogens is 3. The molecule has 1 saturated carbocycles. The average Bonchev–Trinajstić information content (AvgIpc) is 3.24. The molecular formula is C15H18F3N3O. The third-order valence-corrected chi connectivity index (χ3v) is 4.69. The fourth-order valence-electron chi connectivity index (χ4n) is 3.14. The van der Waals surface area contributed by atoms with Gasteiger partial charge in [-0.3, -0.25) is 4.79 Å². The third-order valence-electron chi connectivity index (χ3n) is 4.69. The number of carbonyl (C=O) groups excluding carboxylic acids is 1. The molecule has 1 aromatic heterocycles. The van der Waals surface area contributed by atoms with Crippen LogP contribution in [0.3, 0.4) is 0 Å². The predicted molar refractivity (Wildman–Crippen MR) is 75.2 cm³/mol. The smallest absolute Gasteiger partial charge is 0.368 e. The summed E-state index contributed by atoms with van der Waals surface area (Å²) in [6.07, 6.45) is 0.717. The second-order valence-corrected chi connectivity index (χ2v) is 6.24. The summed E-state index contributed by atoms with van der Waals surface area (Å²) >= 11 is 0. The zero-order valence-electron chi connectivity index (χ0n) is 12.1. The maximum Gasteiger partial charge on any atom is 0.433 e. The van der Waals surface area contributed by atoms with Gasteiger partial charge in [-0.05, 0) is 43.2 Å². The summed E-state index contributed by atoms with van der Waals surface area (Å²) in [6, 6.07) is 3.81. The highest BCUT2D eigenvalue weighted by atomic mass is 19.4. The van der Waals surface area contributed by atoms with Crippen LogP contribution in [0.25, 0.3) is 0 Å². The minimum Gasteiger partial charge on any atom is -0.368 e. The molecule has 1 atom stereocenters. The lowest BCUT2D eigenvalue weighted by molar-refractivity contribution is -0.141. The molecule has 1 unspecified atom stereocenters. The van der Waals surface area contributed by atoms with Crippen LogP contribution >= 0.6 is 0 Å². The summed E-state index contributed by atoms with van der Waals surface area (Å²) in [4.78, 5) is 16.5. The first-order valence-corrected chi connectivity index (χ1v) is 7.41. The number of carbonyl (C=O) groups is 1. The Bertz CT molecular complexity index is 557. The van der Waals surface area contributed by atoms with Gasteiger partial charge >= 0.3 is 6.18 Å². The number of rotatable bonds is 4. The zero-order valence-corrected chi connectivity index (χ0v) is 12.1. The predicted octanol–water partition coefficient (Wildman–Crippen LogP) is 2.91. The molecule has 4 nitrogen and oxygen atoms in total. The van der Waals surface area contributed by atoms with Crippen LogP contribution in [-0.2, 0) is 11.0 Å². The molecule has 22 heavy (non-hydrogen) atoms. The van der Waals surface area contributed by atoms with Gasteiger partial charge in [0.05, 0.1) is 0 Å². The van der Waals surface area contributed by atoms with Gasteiger partial charge in [0.15, 0.2) is 0 Å². The van der Waals surface area contributed by atoms with Gasteiger partial charge in [-0.2, -0.15) is 13.2 Å². The number of amides is 1. The normalized spacial score (nSPS) is 23.4. The number of nitrogens with zero attached hydrogens (tertiary/aromatic N) is 2. The van der Waals surface area contributed by atoms with Gasteiger partial charge in [-0.1, -0.05) is 6.07 Å². The molecule has 1 amide bonds. The van der Waals surface area contributed by atoms with E-state index in [9.17, 15) is 18.0 Å². The molecule has 120 valence electrons. The standard InChI is InChI=1S/C15H18F3N3O/c16-15(17,18)12-2-1-3-13(20-12)19-9-11-8-14(4-5-14)6-7-21(11)10-22/h1-3,10-11H,4-9H2,(H,19,20). The van der Waals surface area contributed by atoms with Crippen LogP contribution in [0.5, 0.6) is 0 Å². The van der Waals surface area contributed by atoms with E-state index in [0.29, 0.717) is 12.0 Å². The fourth-order valence-corrected chi connectivity index (χ4v) is 3.14. The summed E-state index contributed by atoms with van der Waals surface area (Å²) in [5, 5.41) is 2.95. The number of nitrogens with one attached hydrogen (secondary N) is 1. The van der Waals surface area contributed by atoms with E-state index < -0.39 is 11.9 Å². The molecule has 1 spiro atoms. The van der Waals surface area contributed by atoms with E-state index in [0.717, 1.165) is 31.9 Å². The molecule has 2 aliphatic rings. The Morgan fingerprint density at radius 3 is 2.77 bits per heavy atom. The minimum atomic E-state index is -4.45. The highest BCUT2D eigenvalue weighted by Crippen LogP contribution is 2.54. The van der Waals surface area contributed by atoms with Crippen LogP contribution in [0.1, 0.15) is 31.4 Å². The Kier molecular flexibility index (Phi) is 3.74. The van der Waals surface area contributed by atoms with Crippen LogP contribution in [0.15, 0.2) is 18.2 Å². The van der Waals surface area contributed by atoms with Gasteiger partial charge < -0.3 is 10.2 Å². The molecule has 1 aromatic rings. The van der Waals surface area contributed by atoms with Gasteiger partial charge in [-0.25, -0.2) is 4.98 Å². The van der Waals surface area contributed by atoms with Crippen molar-refractivity contribution in [2.45, 2.75) is 37.9 Å². The molecule has 3 rings (SSSR count). The Morgan fingerprint density at radius 1 is 1.36 bits per heavy atom. The number of pyridine rings is 1. The molecule has 0 bridgehead atoms. The van der Waals surface area contributed by atoms with E-state index in [2.05, 4.69) is 10.3 Å². The molecule has 0 aromatic carbocycles. The second-order valence-electron chi connectivity index (χ2n) is 6.24. The van der Waals surface area contributed by atoms with Crippen molar-refractivity contribution in [3.63, 3.8) is 0 Å². The van der Waals surface area contributed by atoms with Crippen molar-refractivity contribution in [3.05, 3.63) is 23.9 Å². The van der Waals surface area contributed by atoms with Crippen molar-refractivity contribution >= 4 is 12.2 Å². The number of anilines is 1. The van der Waals surface area contributed by atoms with Gasteiger partial charge in [0.25, 0.3) is 0 Å². The topological polar surface area (TPSA) is 45.2 Å². The lowest BCUT2D eigenvalue weighted by Crippen LogP contribution is -2.46. The molecule has 7 heteroatoms. The number of piperidine rings is 1. The van der Waals surface area contributed by atoms with Crippen LogP contribution in [-0.4, -0.2) is 35.4 Å². The van der Waals surface area contributed by atoms with Crippen LogP contribution < -0.4 is 5.32 Å². The molecular weight excluding hydrogens is 295 g/mol. The van der Waals surface area contributed by atoms with Crippen LogP contribution in [0.4, 0.5) is 19.0 Å². The van der Waals surface area contributed by atoms with Crippen molar-refractivity contribution in [1.29, 1.82) is 0 Å². The summed E-state index contributed by atoms with van der Waals surface area (Å²) in [5.74, 6) is 0.191. The molecule has 1 aliphatic carbocycles. The van der Waals surface area contributed by atoms with E-state index in [1.54, 1.807) is 4.90 Å². The Hall–Kier alpha value is -1.79. The number of aromatic nitrogens is 1. The number of hydrogen-bond acceptors (Lipinski definition) is 3. The van der Waals surface area contributed by atoms with Crippen molar-refractivity contribution in [2.75, 3.05) is 18.4 Å². The molecule has 0 radical (unpaired) electrons. The maximum atomic E-state index is 12.6. The highest BCUT2D eigenvalue weighted by molar-refractivity contribution is 5.49. The molecule has 1 aliphatic heterocycles. The Labute approximate surface area is 126 Å². The van der Waals surface area contributed by atoms with Crippen LogP contribution in [0.2, 0.25) is 0 Å². The van der Waals surface area contributed by atoms with Gasteiger partial charge in [-0.15, -0.1) is 0 Å². The minimum absolute atomic E-state index is 0.0186. The average molecular weight is 313 g/mol. The van der Waals surface area contributed by atoms with E-state index in [1.807, 2.05) is 0 Å². The summed E-state index contributed by atoms with van der Waals surface area (Å²) in [5.41, 5.74) is -0.542.